The molecule has 1 aromatic heterocycles. The summed E-state index contributed by atoms with van der Waals surface area (Å²) < 4.78 is 44.2. The van der Waals surface area contributed by atoms with Crippen molar-refractivity contribution in [1.82, 2.24) is 10.3 Å². The summed E-state index contributed by atoms with van der Waals surface area (Å²) >= 11 is 6.39. The fourth-order valence-electron chi connectivity index (χ4n) is 3.13. The highest BCUT2D eigenvalue weighted by Gasteiger charge is 2.35. The third-order valence-corrected chi connectivity index (χ3v) is 4.74. The van der Waals surface area contributed by atoms with Crippen LogP contribution in [0.2, 0.25) is 5.02 Å². The highest BCUT2D eigenvalue weighted by Crippen LogP contribution is 2.40. The highest BCUT2D eigenvalue weighted by molar-refractivity contribution is 6.34. The molecule has 5 nitrogen and oxygen atoms in total. The molecule has 3 aromatic carbocycles. The second-order valence-electron chi connectivity index (χ2n) is 6.19. The zero-order chi connectivity index (χ0) is 20.8. The molecule has 0 atom stereocenters. The van der Waals surface area contributed by atoms with Crippen LogP contribution in [0.4, 0.5) is 13.2 Å². The molecule has 0 aliphatic carbocycles. The minimum Gasteiger partial charge on any atom is -0.478 e. The molecule has 4 rings (SSSR count). The van der Waals surface area contributed by atoms with Crippen molar-refractivity contribution in [2.45, 2.75) is 6.18 Å². The summed E-state index contributed by atoms with van der Waals surface area (Å²) in [5.41, 5.74) is 0.873. The van der Waals surface area contributed by atoms with Gasteiger partial charge in [0.25, 0.3) is 0 Å². The molecule has 0 amide bonds. The van der Waals surface area contributed by atoms with Crippen molar-refractivity contribution in [2.75, 3.05) is 0 Å². The summed E-state index contributed by atoms with van der Waals surface area (Å²) in [6, 6.07) is 13.0. The number of alkyl halides is 3. The predicted octanol–water partition coefficient (Wildman–Crippen LogP) is 5.93. The average Bonchev–Trinajstić information content (AvgIpc) is 3.14. The fourth-order valence-corrected chi connectivity index (χ4v) is 3.42. The molecule has 0 radical (unpaired) electrons. The van der Waals surface area contributed by atoms with E-state index in [1.54, 1.807) is 36.4 Å². The average molecular weight is 419 g/mol. The molecule has 0 saturated heterocycles. The number of rotatable bonds is 3. The van der Waals surface area contributed by atoms with Gasteiger partial charge in [0.1, 0.15) is 11.0 Å². The van der Waals surface area contributed by atoms with E-state index in [4.69, 9.17) is 11.6 Å². The van der Waals surface area contributed by atoms with Crippen LogP contribution in [0.3, 0.4) is 0 Å². The van der Waals surface area contributed by atoms with Crippen LogP contribution in [-0.4, -0.2) is 21.4 Å². The number of benzene rings is 3. The lowest BCUT2D eigenvalue weighted by molar-refractivity contribution is -0.138. The van der Waals surface area contributed by atoms with Crippen LogP contribution >= 0.6 is 11.6 Å². The maximum atomic E-state index is 13.2. The summed E-state index contributed by atoms with van der Waals surface area (Å²) in [5, 5.41) is 17.1. The Bertz CT molecular complexity index is 1250. The first kappa shape index (κ1) is 18.9. The molecule has 0 bridgehead atoms. The van der Waals surface area contributed by atoms with Gasteiger partial charge in [-0.1, -0.05) is 35.9 Å². The molecular formula is C20H10ClF3N2O3. The molecule has 9 heteroatoms. The maximum Gasteiger partial charge on any atom is 0.417 e. The van der Waals surface area contributed by atoms with Crippen molar-refractivity contribution in [3.05, 3.63) is 70.7 Å². The van der Waals surface area contributed by atoms with Gasteiger partial charge in [-0.25, -0.2) is 9.42 Å². The summed E-state index contributed by atoms with van der Waals surface area (Å²) in [5.74, 6) is -1.67. The van der Waals surface area contributed by atoms with Crippen molar-refractivity contribution < 1.29 is 27.7 Å². The number of fused-ring (bicyclic) bond motifs is 1. The van der Waals surface area contributed by atoms with Crippen LogP contribution in [0, 0.1) is 0 Å². The Morgan fingerprint density at radius 2 is 1.69 bits per heavy atom. The SMILES string of the molecule is O=C(O)c1cc(-c2cccc(Cl)c2-c2ccc3nonc3c2)ccc1C(F)(F)F. The summed E-state index contributed by atoms with van der Waals surface area (Å²) in [6.45, 7) is 0. The topological polar surface area (TPSA) is 76.2 Å². The monoisotopic (exact) mass is 418 g/mol. The van der Waals surface area contributed by atoms with Gasteiger partial charge in [0.15, 0.2) is 0 Å². The lowest BCUT2D eigenvalue weighted by Gasteiger charge is -2.15. The van der Waals surface area contributed by atoms with Crippen molar-refractivity contribution in [2.24, 2.45) is 0 Å². The molecule has 0 aliphatic rings. The van der Waals surface area contributed by atoms with E-state index in [1.807, 2.05) is 0 Å². The van der Waals surface area contributed by atoms with E-state index in [0.717, 1.165) is 12.1 Å². The Balaban J connectivity index is 1.94. The number of hydrogen-bond donors (Lipinski definition) is 1. The zero-order valence-electron chi connectivity index (χ0n) is 14.4. The van der Waals surface area contributed by atoms with Crippen LogP contribution in [-0.2, 0) is 6.18 Å². The smallest absolute Gasteiger partial charge is 0.417 e. The largest absolute Gasteiger partial charge is 0.478 e. The van der Waals surface area contributed by atoms with Crippen molar-refractivity contribution in [3.63, 3.8) is 0 Å². The third-order valence-electron chi connectivity index (χ3n) is 4.42. The molecule has 0 spiro atoms. The number of aromatic carboxylic acids is 1. The van der Waals surface area contributed by atoms with E-state index in [0.29, 0.717) is 32.7 Å². The van der Waals surface area contributed by atoms with Crippen molar-refractivity contribution in [3.8, 4) is 22.3 Å². The summed E-state index contributed by atoms with van der Waals surface area (Å²) in [4.78, 5) is 11.4. The Labute approximate surface area is 166 Å². The number of hydrogen-bond acceptors (Lipinski definition) is 4. The van der Waals surface area contributed by atoms with Crippen molar-refractivity contribution >= 4 is 28.6 Å². The van der Waals surface area contributed by atoms with E-state index in [1.165, 1.54) is 6.07 Å². The predicted molar refractivity (Wildman–Crippen MR) is 99.6 cm³/mol. The number of carbonyl (C=O) groups is 1. The van der Waals surface area contributed by atoms with E-state index in [2.05, 4.69) is 14.9 Å². The first-order chi connectivity index (χ1) is 13.8. The molecule has 4 aromatic rings. The normalized spacial score (nSPS) is 11.7. The van der Waals surface area contributed by atoms with Crippen LogP contribution < -0.4 is 0 Å². The van der Waals surface area contributed by atoms with E-state index in [9.17, 15) is 23.1 Å². The van der Waals surface area contributed by atoms with Gasteiger partial charge in [0, 0.05) is 10.6 Å². The van der Waals surface area contributed by atoms with Gasteiger partial charge < -0.3 is 5.11 Å². The van der Waals surface area contributed by atoms with Gasteiger partial charge in [-0.2, -0.15) is 13.2 Å². The maximum absolute atomic E-state index is 13.2. The van der Waals surface area contributed by atoms with E-state index >= 15 is 0 Å². The number of nitrogens with zero attached hydrogens (tertiary/aromatic N) is 2. The van der Waals surface area contributed by atoms with Gasteiger partial charge in [0.05, 0.1) is 11.1 Å². The van der Waals surface area contributed by atoms with Crippen LogP contribution in [0.1, 0.15) is 15.9 Å². The van der Waals surface area contributed by atoms with E-state index in [-0.39, 0.29) is 5.56 Å². The quantitative estimate of drug-likeness (QED) is 0.446. The Kier molecular flexibility index (Phi) is 4.50. The summed E-state index contributed by atoms with van der Waals surface area (Å²) in [7, 11) is 0. The van der Waals surface area contributed by atoms with Gasteiger partial charge in [-0.15, -0.1) is 0 Å². The van der Waals surface area contributed by atoms with Crippen LogP contribution in [0.15, 0.2) is 59.2 Å². The Morgan fingerprint density at radius 3 is 2.41 bits per heavy atom. The van der Waals surface area contributed by atoms with Crippen molar-refractivity contribution in [1.29, 1.82) is 0 Å². The minimum absolute atomic E-state index is 0.284. The molecule has 1 N–H and O–H groups in total. The Hall–Kier alpha value is -3.39. The molecule has 146 valence electrons. The molecule has 29 heavy (non-hydrogen) atoms. The van der Waals surface area contributed by atoms with Crippen LogP contribution in [0.25, 0.3) is 33.3 Å². The molecule has 0 fully saturated rings. The molecular weight excluding hydrogens is 409 g/mol. The number of halogens is 4. The lowest BCUT2D eigenvalue weighted by atomic mass is 9.92. The third kappa shape index (κ3) is 3.42. The second-order valence-corrected chi connectivity index (χ2v) is 6.60. The Morgan fingerprint density at radius 1 is 0.966 bits per heavy atom. The number of carboxylic acid groups (broad SMARTS) is 1. The number of carboxylic acids is 1. The lowest BCUT2D eigenvalue weighted by Crippen LogP contribution is -2.12. The highest BCUT2D eigenvalue weighted by atomic mass is 35.5. The zero-order valence-corrected chi connectivity index (χ0v) is 15.1. The molecule has 0 saturated carbocycles. The molecule has 1 heterocycles. The first-order valence-electron chi connectivity index (χ1n) is 8.22. The van der Waals surface area contributed by atoms with Gasteiger partial charge in [-0.05, 0) is 57.3 Å². The first-order valence-corrected chi connectivity index (χ1v) is 8.59. The molecule has 0 aliphatic heterocycles. The second kappa shape index (κ2) is 6.89. The van der Waals surface area contributed by atoms with Gasteiger partial charge >= 0.3 is 12.1 Å². The van der Waals surface area contributed by atoms with Crippen LogP contribution in [0.5, 0.6) is 0 Å². The van der Waals surface area contributed by atoms with Gasteiger partial charge in [0.2, 0.25) is 0 Å². The summed E-state index contributed by atoms with van der Waals surface area (Å²) in [6.07, 6.45) is -4.78. The molecule has 0 unspecified atom stereocenters. The standard InChI is InChI=1S/C20H10ClF3N2O3/c21-15-3-1-2-12(18(15)11-5-7-16-17(9-11)26-29-25-16)10-4-6-14(20(22,23)24)13(8-10)19(27)28/h1-9H,(H,27,28). The van der Waals surface area contributed by atoms with E-state index < -0.39 is 23.3 Å². The minimum atomic E-state index is -4.78. The number of aromatic nitrogens is 2. The van der Waals surface area contributed by atoms with Gasteiger partial charge in [-0.3, -0.25) is 0 Å². The fraction of sp³-hybridized carbons (Fsp3) is 0.0500.